The second-order valence-electron chi connectivity index (χ2n) is 4.36. The van der Waals surface area contributed by atoms with Crippen molar-refractivity contribution in [2.75, 3.05) is 19.4 Å². The summed E-state index contributed by atoms with van der Waals surface area (Å²) in [4.78, 5) is 1.30. The first-order chi connectivity index (χ1) is 8.85. The number of nitrogens with one attached hydrogen (secondary N) is 1. The number of thioether (sulfide) groups is 1. The Kier molecular flexibility index (Phi) is 5.14. The second kappa shape index (κ2) is 6.86. The van der Waals surface area contributed by atoms with Crippen LogP contribution in [0.3, 0.4) is 0 Å². The molecule has 0 bridgehead atoms. The van der Waals surface area contributed by atoms with Gasteiger partial charge in [0, 0.05) is 4.90 Å². The normalized spacial score (nSPS) is 16.9. The third-order valence-corrected chi connectivity index (χ3v) is 3.85. The van der Waals surface area contributed by atoms with Gasteiger partial charge < -0.3 is 10.1 Å². The smallest absolute Gasteiger partial charge is 0.113 e. The van der Waals surface area contributed by atoms with Crippen LogP contribution in [0.1, 0.15) is 31.4 Å². The van der Waals surface area contributed by atoms with Gasteiger partial charge in [-0.05, 0) is 49.4 Å². The molecular weight excluding hydrogens is 242 g/mol. The van der Waals surface area contributed by atoms with Gasteiger partial charge in [0.25, 0.3) is 0 Å². The fourth-order valence-corrected chi connectivity index (χ4v) is 2.57. The molecule has 0 amide bonds. The highest BCUT2D eigenvalue weighted by atomic mass is 32.2. The molecule has 1 aromatic carbocycles. The first kappa shape index (κ1) is 13.5. The highest BCUT2D eigenvalue weighted by molar-refractivity contribution is 7.98. The number of hydrogen-bond donors (Lipinski definition) is 1. The van der Waals surface area contributed by atoms with E-state index in [1.807, 2.05) is 0 Å². The van der Waals surface area contributed by atoms with E-state index in [9.17, 15) is 0 Å². The van der Waals surface area contributed by atoms with Gasteiger partial charge in [-0.3, -0.25) is 0 Å². The van der Waals surface area contributed by atoms with Gasteiger partial charge in [-0.15, -0.1) is 11.8 Å². The lowest BCUT2D eigenvalue weighted by molar-refractivity contribution is 0.168. The summed E-state index contributed by atoms with van der Waals surface area (Å²) in [5, 5.41) is 3.51. The van der Waals surface area contributed by atoms with Gasteiger partial charge in [0.1, 0.15) is 5.76 Å². The summed E-state index contributed by atoms with van der Waals surface area (Å²) in [5.74, 6) is 1.08. The summed E-state index contributed by atoms with van der Waals surface area (Å²) in [6, 6.07) is 8.93. The Morgan fingerprint density at radius 2 is 2.11 bits per heavy atom. The van der Waals surface area contributed by atoms with E-state index in [-0.39, 0.29) is 6.04 Å². The summed E-state index contributed by atoms with van der Waals surface area (Å²) in [6.07, 6.45) is 6.58. The predicted molar refractivity (Wildman–Crippen MR) is 77.9 cm³/mol. The Morgan fingerprint density at radius 3 is 2.67 bits per heavy atom. The van der Waals surface area contributed by atoms with Crippen LogP contribution in [0.2, 0.25) is 0 Å². The molecule has 2 nitrogen and oxygen atoms in total. The molecule has 1 aliphatic rings. The maximum absolute atomic E-state index is 5.80. The molecule has 0 aliphatic carbocycles. The zero-order valence-corrected chi connectivity index (χ0v) is 11.9. The van der Waals surface area contributed by atoms with Crippen molar-refractivity contribution in [1.82, 2.24) is 5.32 Å². The SMILES string of the molecule is CCNC(C1=CCCCO1)c1ccc(SC)cc1. The van der Waals surface area contributed by atoms with Crippen LogP contribution >= 0.6 is 11.8 Å². The molecule has 0 spiro atoms. The highest BCUT2D eigenvalue weighted by Crippen LogP contribution is 2.27. The minimum Gasteiger partial charge on any atom is -0.496 e. The van der Waals surface area contributed by atoms with Gasteiger partial charge >= 0.3 is 0 Å². The Hall–Kier alpha value is -0.930. The maximum Gasteiger partial charge on any atom is 0.113 e. The minimum absolute atomic E-state index is 0.200. The fourth-order valence-electron chi connectivity index (χ4n) is 2.16. The monoisotopic (exact) mass is 263 g/mol. The molecule has 1 aromatic rings. The zero-order chi connectivity index (χ0) is 12.8. The van der Waals surface area contributed by atoms with Crippen LogP contribution in [0.4, 0.5) is 0 Å². The average molecular weight is 263 g/mol. The van der Waals surface area contributed by atoms with Crippen LogP contribution in [-0.4, -0.2) is 19.4 Å². The number of benzene rings is 1. The predicted octanol–water partition coefficient (Wildman–Crippen LogP) is 3.75. The van der Waals surface area contributed by atoms with E-state index in [1.165, 1.54) is 10.5 Å². The van der Waals surface area contributed by atoms with Gasteiger partial charge in [-0.2, -0.15) is 0 Å². The second-order valence-corrected chi connectivity index (χ2v) is 5.24. The van der Waals surface area contributed by atoms with E-state index in [4.69, 9.17) is 4.74 Å². The van der Waals surface area contributed by atoms with Gasteiger partial charge in [-0.25, -0.2) is 0 Å². The van der Waals surface area contributed by atoms with Crippen LogP contribution in [0.15, 0.2) is 41.0 Å². The van der Waals surface area contributed by atoms with Crippen LogP contribution in [0.5, 0.6) is 0 Å². The molecule has 3 heteroatoms. The first-order valence-corrected chi connectivity index (χ1v) is 7.77. The quantitative estimate of drug-likeness (QED) is 0.817. The number of rotatable bonds is 5. The molecule has 1 heterocycles. The number of likely N-dealkylation sites (N-methyl/N-ethyl adjacent to an activating group) is 1. The average Bonchev–Trinajstić information content (AvgIpc) is 2.46. The number of allylic oxidation sites excluding steroid dienone is 1. The number of hydrogen-bond acceptors (Lipinski definition) is 3. The third kappa shape index (κ3) is 3.30. The van der Waals surface area contributed by atoms with Gasteiger partial charge in [-0.1, -0.05) is 19.1 Å². The van der Waals surface area contributed by atoms with Crippen molar-refractivity contribution in [2.45, 2.75) is 30.7 Å². The molecule has 1 aliphatic heterocycles. The molecule has 98 valence electrons. The Balaban J connectivity index is 2.19. The topological polar surface area (TPSA) is 21.3 Å². The van der Waals surface area contributed by atoms with E-state index in [2.05, 4.69) is 48.8 Å². The Labute approximate surface area is 114 Å². The molecule has 0 saturated heterocycles. The molecule has 1 unspecified atom stereocenters. The van der Waals surface area contributed by atoms with E-state index >= 15 is 0 Å². The van der Waals surface area contributed by atoms with E-state index in [0.717, 1.165) is 31.8 Å². The van der Waals surface area contributed by atoms with Crippen molar-refractivity contribution in [3.8, 4) is 0 Å². The van der Waals surface area contributed by atoms with Crippen LogP contribution in [0.25, 0.3) is 0 Å². The number of ether oxygens (including phenoxy) is 1. The lowest BCUT2D eigenvalue weighted by Gasteiger charge is -2.25. The Bertz CT molecular complexity index is 399. The Morgan fingerprint density at radius 1 is 1.33 bits per heavy atom. The van der Waals surface area contributed by atoms with Crippen LogP contribution in [-0.2, 0) is 4.74 Å². The van der Waals surface area contributed by atoms with E-state index in [0.29, 0.717) is 0 Å². The van der Waals surface area contributed by atoms with Crippen molar-refractivity contribution in [3.05, 3.63) is 41.7 Å². The van der Waals surface area contributed by atoms with Crippen molar-refractivity contribution in [1.29, 1.82) is 0 Å². The molecule has 1 atom stereocenters. The van der Waals surface area contributed by atoms with Gasteiger partial charge in [0.15, 0.2) is 0 Å². The van der Waals surface area contributed by atoms with Crippen LogP contribution < -0.4 is 5.32 Å². The molecule has 0 fully saturated rings. The summed E-state index contributed by atoms with van der Waals surface area (Å²) < 4.78 is 5.80. The third-order valence-electron chi connectivity index (χ3n) is 3.10. The lowest BCUT2D eigenvalue weighted by atomic mass is 10.0. The van der Waals surface area contributed by atoms with Crippen molar-refractivity contribution in [2.24, 2.45) is 0 Å². The van der Waals surface area contributed by atoms with E-state index in [1.54, 1.807) is 11.8 Å². The van der Waals surface area contributed by atoms with Crippen molar-refractivity contribution >= 4 is 11.8 Å². The van der Waals surface area contributed by atoms with Gasteiger partial charge in [0.05, 0.1) is 12.6 Å². The summed E-state index contributed by atoms with van der Waals surface area (Å²) in [6.45, 7) is 3.92. The van der Waals surface area contributed by atoms with Crippen LogP contribution in [0, 0.1) is 0 Å². The fraction of sp³-hybridized carbons (Fsp3) is 0.467. The minimum atomic E-state index is 0.200. The molecule has 0 radical (unpaired) electrons. The molecular formula is C15H21NOS. The summed E-state index contributed by atoms with van der Waals surface area (Å²) in [5.41, 5.74) is 1.28. The van der Waals surface area contributed by atoms with Gasteiger partial charge in [0.2, 0.25) is 0 Å². The summed E-state index contributed by atoms with van der Waals surface area (Å²) in [7, 11) is 0. The zero-order valence-electron chi connectivity index (χ0n) is 11.1. The van der Waals surface area contributed by atoms with Crippen molar-refractivity contribution in [3.63, 3.8) is 0 Å². The molecule has 2 rings (SSSR count). The maximum atomic E-state index is 5.80. The first-order valence-electron chi connectivity index (χ1n) is 6.55. The van der Waals surface area contributed by atoms with E-state index < -0.39 is 0 Å². The standard InChI is InChI=1S/C15H21NOS/c1-3-16-15(14-6-4-5-11-17-14)12-7-9-13(18-2)10-8-12/h6-10,15-16H,3-5,11H2,1-2H3. The molecule has 0 saturated carbocycles. The molecule has 0 aromatic heterocycles. The van der Waals surface area contributed by atoms with Crippen molar-refractivity contribution < 1.29 is 4.74 Å². The molecule has 18 heavy (non-hydrogen) atoms. The highest BCUT2D eigenvalue weighted by Gasteiger charge is 2.18. The summed E-state index contributed by atoms with van der Waals surface area (Å²) >= 11 is 1.77. The lowest BCUT2D eigenvalue weighted by Crippen LogP contribution is -2.25. The molecule has 1 N–H and O–H groups in total. The largest absolute Gasteiger partial charge is 0.496 e.